The monoisotopic (exact) mass is 369 g/mol. The summed E-state index contributed by atoms with van der Waals surface area (Å²) in [4.78, 5) is 14.9. The lowest BCUT2D eigenvalue weighted by Crippen LogP contribution is -2.01. The lowest BCUT2D eigenvalue weighted by atomic mass is 10.00. The Balaban J connectivity index is 2.33. The number of carbonyl (C=O) groups is 1. The fourth-order valence-electron chi connectivity index (χ4n) is 3.51. The van der Waals surface area contributed by atoms with Gasteiger partial charge in [-0.1, -0.05) is 11.6 Å². The Hall–Kier alpha value is -3.15. The molecule has 6 nitrogen and oxygen atoms in total. The van der Waals surface area contributed by atoms with E-state index in [9.17, 15) is 9.90 Å². The second kappa shape index (κ2) is 7.23. The number of carboxylic acids is 1. The number of carboxylic acid groups (broad SMARTS) is 1. The number of aromatic amines is 1. The van der Waals surface area contributed by atoms with Gasteiger partial charge in [-0.25, -0.2) is 0 Å². The molecule has 3 aromatic rings. The Bertz CT molecular complexity index is 994. The summed E-state index contributed by atoms with van der Waals surface area (Å²) >= 11 is 0. The highest BCUT2D eigenvalue weighted by molar-refractivity contribution is 5.96. The van der Waals surface area contributed by atoms with E-state index in [2.05, 4.69) is 11.1 Å². The summed E-state index contributed by atoms with van der Waals surface area (Å²) in [6, 6.07) is 7.72. The third-order valence-electron chi connectivity index (χ3n) is 4.64. The summed E-state index contributed by atoms with van der Waals surface area (Å²) in [5.74, 6) is 0.634. The van der Waals surface area contributed by atoms with Crippen molar-refractivity contribution in [3.63, 3.8) is 0 Å². The minimum atomic E-state index is -0.885. The average Bonchev–Trinajstić information content (AvgIpc) is 2.98. The molecular weight excluding hydrogens is 346 g/mol. The van der Waals surface area contributed by atoms with Gasteiger partial charge in [-0.3, -0.25) is 4.79 Å². The lowest BCUT2D eigenvalue weighted by molar-refractivity contribution is -0.136. The maximum atomic E-state index is 11.5. The van der Waals surface area contributed by atoms with E-state index in [0.717, 1.165) is 38.9 Å². The van der Waals surface area contributed by atoms with Gasteiger partial charge in [0.05, 0.1) is 33.4 Å². The first-order valence-electron chi connectivity index (χ1n) is 8.53. The minimum Gasteiger partial charge on any atom is -0.493 e. The number of methoxy groups -OCH3 is 3. The van der Waals surface area contributed by atoms with Crippen LogP contribution in [0.15, 0.2) is 24.3 Å². The smallest absolute Gasteiger partial charge is 0.307 e. The Morgan fingerprint density at radius 1 is 1.00 bits per heavy atom. The van der Waals surface area contributed by atoms with Crippen molar-refractivity contribution in [2.45, 2.75) is 20.3 Å². The first kappa shape index (κ1) is 18.6. The van der Waals surface area contributed by atoms with Gasteiger partial charge in [-0.05, 0) is 43.2 Å². The van der Waals surface area contributed by atoms with Gasteiger partial charge in [0.1, 0.15) is 0 Å². The van der Waals surface area contributed by atoms with E-state index in [-0.39, 0.29) is 6.42 Å². The van der Waals surface area contributed by atoms with Crippen LogP contribution in [-0.4, -0.2) is 37.4 Å². The number of ether oxygens (including phenoxy) is 3. The van der Waals surface area contributed by atoms with Gasteiger partial charge in [0, 0.05) is 16.5 Å². The fraction of sp³-hybridized carbons (Fsp3) is 0.286. The van der Waals surface area contributed by atoms with Crippen LogP contribution in [0.25, 0.3) is 22.2 Å². The zero-order valence-electron chi connectivity index (χ0n) is 16.1. The van der Waals surface area contributed by atoms with Crippen molar-refractivity contribution >= 4 is 16.9 Å². The van der Waals surface area contributed by atoms with Gasteiger partial charge >= 0.3 is 5.97 Å². The molecule has 1 aromatic heterocycles. The molecule has 0 amide bonds. The standard InChI is InChI=1S/C21H23NO5/c1-11-6-12(2)19-14(7-11)15(10-18(23)24)20(22-19)13-8-16(25-3)21(27-5)17(9-13)26-4/h6-9,22H,10H2,1-5H3,(H,23,24). The molecule has 0 fully saturated rings. The summed E-state index contributed by atoms with van der Waals surface area (Å²) in [5.41, 5.74) is 5.32. The lowest BCUT2D eigenvalue weighted by Gasteiger charge is -2.14. The quantitative estimate of drug-likeness (QED) is 0.684. The molecule has 6 heteroatoms. The van der Waals surface area contributed by atoms with Crippen LogP contribution in [0.2, 0.25) is 0 Å². The molecule has 1 heterocycles. The number of H-pyrrole nitrogens is 1. The van der Waals surface area contributed by atoms with Crippen molar-refractivity contribution in [3.05, 3.63) is 41.0 Å². The maximum Gasteiger partial charge on any atom is 0.307 e. The average molecular weight is 369 g/mol. The summed E-state index contributed by atoms with van der Waals surface area (Å²) in [7, 11) is 4.65. The van der Waals surface area contributed by atoms with Crippen molar-refractivity contribution in [3.8, 4) is 28.5 Å². The highest BCUT2D eigenvalue weighted by Crippen LogP contribution is 2.43. The van der Waals surface area contributed by atoms with Crippen LogP contribution in [-0.2, 0) is 11.2 Å². The van der Waals surface area contributed by atoms with E-state index >= 15 is 0 Å². The Kier molecular flexibility index (Phi) is 4.99. The molecule has 0 saturated carbocycles. The number of aryl methyl sites for hydroxylation is 2. The molecule has 0 unspecified atom stereocenters. The van der Waals surface area contributed by atoms with Crippen LogP contribution in [0.4, 0.5) is 0 Å². The van der Waals surface area contributed by atoms with E-state index in [0.29, 0.717) is 17.2 Å². The molecule has 0 aliphatic carbocycles. The van der Waals surface area contributed by atoms with E-state index in [1.54, 1.807) is 21.3 Å². The highest BCUT2D eigenvalue weighted by Gasteiger charge is 2.21. The van der Waals surface area contributed by atoms with Gasteiger partial charge in [0.15, 0.2) is 11.5 Å². The first-order chi connectivity index (χ1) is 12.9. The normalized spacial score (nSPS) is 10.9. The fourth-order valence-corrected chi connectivity index (χ4v) is 3.51. The largest absolute Gasteiger partial charge is 0.493 e. The predicted molar refractivity (Wildman–Crippen MR) is 104 cm³/mol. The molecule has 0 aliphatic heterocycles. The van der Waals surface area contributed by atoms with Crippen LogP contribution in [0.1, 0.15) is 16.7 Å². The molecule has 0 saturated heterocycles. The second-order valence-electron chi connectivity index (χ2n) is 6.47. The Labute approximate surface area is 157 Å². The maximum absolute atomic E-state index is 11.5. The number of hydrogen-bond acceptors (Lipinski definition) is 4. The second-order valence-corrected chi connectivity index (χ2v) is 6.47. The zero-order valence-corrected chi connectivity index (χ0v) is 16.1. The third kappa shape index (κ3) is 3.30. The van der Waals surface area contributed by atoms with Gasteiger partial charge in [-0.15, -0.1) is 0 Å². The molecule has 0 radical (unpaired) electrons. The number of nitrogens with one attached hydrogen (secondary N) is 1. The third-order valence-corrected chi connectivity index (χ3v) is 4.64. The van der Waals surface area contributed by atoms with Crippen molar-refractivity contribution < 1.29 is 24.1 Å². The number of hydrogen-bond donors (Lipinski definition) is 2. The number of aliphatic carboxylic acids is 1. The first-order valence-corrected chi connectivity index (χ1v) is 8.53. The minimum absolute atomic E-state index is 0.0884. The zero-order chi connectivity index (χ0) is 19.7. The van der Waals surface area contributed by atoms with Gasteiger partial charge in [-0.2, -0.15) is 0 Å². The summed E-state index contributed by atoms with van der Waals surface area (Å²) in [6.07, 6.45) is -0.0884. The SMILES string of the molecule is COc1cc(-c2[nH]c3c(C)cc(C)cc3c2CC(=O)O)cc(OC)c1OC. The number of fused-ring (bicyclic) bond motifs is 1. The molecule has 3 rings (SSSR count). The predicted octanol–water partition coefficient (Wildman–Crippen LogP) is 4.10. The molecule has 2 aromatic carbocycles. The van der Waals surface area contributed by atoms with E-state index in [1.807, 2.05) is 32.0 Å². The molecule has 2 N–H and O–H groups in total. The van der Waals surface area contributed by atoms with Crippen molar-refractivity contribution in [1.82, 2.24) is 4.98 Å². The van der Waals surface area contributed by atoms with Gasteiger partial charge < -0.3 is 24.3 Å². The Morgan fingerprint density at radius 3 is 2.15 bits per heavy atom. The molecule has 27 heavy (non-hydrogen) atoms. The van der Waals surface area contributed by atoms with Gasteiger partial charge in [0.2, 0.25) is 5.75 Å². The van der Waals surface area contributed by atoms with Crippen LogP contribution in [0.5, 0.6) is 17.2 Å². The van der Waals surface area contributed by atoms with Gasteiger partial charge in [0.25, 0.3) is 0 Å². The highest BCUT2D eigenvalue weighted by atomic mass is 16.5. The van der Waals surface area contributed by atoms with Crippen LogP contribution < -0.4 is 14.2 Å². The van der Waals surface area contributed by atoms with Crippen molar-refractivity contribution in [2.24, 2.45) is 0 Å². The Morgan fingerprint density at radius 2 is 1.63 bits per heavy atom. The molecule has 0 aliphatic rings. The van der Waals surface area contributed by atoms with Crippen LogP contribution in [0, 0.1) is 13.8 Å². The molecular formula is C21H23NO5. The molecule has 0 bridgehead atoms. The van der Waals surface area contributed by atoms with E-state index in [1.165, 1.54) is 0 Å². The molecule has 0 atom stereocenters. The summed E-state index contributed by atoms with van der Waals surface area (Å²) in [5, 5.41) is 10.4. The number of benzene rings is 2. The van der Waals surface area contributed by atoms with Crippen LogP contribution in [0.3, 0.4) is 0 Å². The summed E-state index contributed by atoms with van der Waals surface area (Å²) in [6.45, 7) is 4.01. The summed E-state index contributed by atoms with van der Waals surface area (Å²) < 4.78 is 16.3. The molecule has 142 valence electrons. The van der Waals surface area contributed by atoms with Crippen molar-refractivity contribution in [2.75, 3.05) is 21.3 Å². The topological polar surface area (TPSA) is 80.8 Å². The van der Waals surface area contributed by atoms with E-state index in [4.69, 9.17) is 14.2 Å². The van der Waals surface area contributed by atoms with Crippen molar-refractivity contribution in [1.29, 1.82) is 0 Å². The van der Waals surface area contributed by atoms with Crippen LogP contribution >= 0.6 is 0 Å². The molecule has 0 spiro atoms. The van der Waals surface area contributed by atoms with E-state index < -0.39 is 5.97 Å². The number of aromatic nitrogens is 1. The number of rotatable bonds is 6.